The molecule has 1 aromatic rings. The Morgan fingerprint density at radius 2 is 0.868 bits per heavy atom. The highest BCUT2D eigenvalue weighted by atomic mass is 14.5. The summed E-state index contributed by atoms with van der Waals surface area (Å²) in [5.74, 6) is 4.38. The van der Waals surface area contributed by atoms with Gasteiger partial charge in [-0.1, -0.05) is 231 Å². The van der Waals surface area contributed by atoms with Gasteiger partial charge in [-0.25, -0.2) is 0 Å². The van der Waals surface area contributed by atoms with Crippen LogP contribution in [-0.4, -0.2) is 19.6 Å². The maximum atomic E-state index is 6.10. The Morgan fingerprint density at radius 1 is 0.426 bits per heavy atom. The molecule has 6 N–H and O–H groups in total. The Hall–Kier alpha value is -1.42. The third kappa shape index (κ3) is 23.4. The molecular formula is C65H119N3. The topological polar surface area (TPSA) is 78.1 Å². The first-order valence-corrected chi connectivity index (χ1v) is 31.2. The van der Waals surface area contributed by atoms with Crippen molar-refractivity contribution in [1.29, 1.82) is 0 Å². The molecular weight excluding hydrogens is 823 g/mol. The first-order chi connectivity index (χ1) is 33.5. The Labute approximate surface area is 426 Å². The number of rotatable bonds is 45. The van der Waals surface area contributed by atoms with E-state index in [0.29, 0.717) is 17.8 Å². The summed E-state index contributed by atoms with van der Waals surface area (Å²) in [6, 6.07) is 5.29. The van der Waals surface area contributed by atoms with E-state index in [0.717, 1.165) is 50.2 Å². The van der Waals surface area contributed by atoms with Crippen molar-refractivity contribution < 1.29 is 0 Å². The van der Waals surface area contributed by atoms with Gasteiger partial charge in [0.25, 0.3) is 0 Å². The summed E-state index contributed by atoms with van der Waals surface area (Å²) in [5.41, 5.74) is 29.0. The second-order valence-corrected chi connectivity index (χ2v) is 22.8. The van der Waals surface area contributed by atoms with Crippen LogP contribution in [0.2, 0.25) is 0 Å². The predicted octanol–water partition coefficient (Wildman–Crippen LogP) is 18.8. The van der Waals surface area contributed by atoms with Crippen LogP contribution in [0.15, 0.2) is 35.4 Å². The largest absolute Gasteiger partial charge is 0.330 e. The van der Waals surface area contributed by atoms with Crippen molar-refractivity contribution in [3.63, 3.8) is 0 Å². The van der Waals surface area contributed by atoms with Crippen LogP contribution in [0.1, 0.15) is 294 Å². The van der Waals surface area contributed by atoms with Gasteiger partial charge in [0.1, 0.15) is 0 Å². The molecule has 6 atom stereocenters. The lowest BCUT2D eigenvalue weighted by molar-refractivity contribution is 0.226. The summed E-state index contributed by atoms with van der Waals surface area (Å²) in [7, 11) is 0. The van der Waals surface area contributed by atoms with Gasteiger partial charge in [0.15, 0.2) is 0 Å². The van der Waals surface area contributed by atoms with Crippen LogP contribution < -0.4 is 17.2 Å². The normalized spacial score (nSPS) is 19.9. The minimum Gasteiger partial charge on any atom is -0.330 e. The molecule has 6 unspecified atom stereocenters. The molecule has 2 aliphatic carbocycles. The number of hydrogen-bond donors (Lipinski definition) is 3. The van der Waals surface area contributed by atoms with Crippen molar-refractivity contribution in [2.24, 2.45) is 52.7 Å². The summed E-state index contributed by atoms with van der Waals surface area (Å²) in [6.45, 7) is 14.5. The number of fused-ring (bicyclic) bond motifs is 1. The SMILES string of the molecule is CCCCCCCC1C2=CC(CCCCC)C(CCCCC)CC2C=C(C(CCCCCC)Cc2c(CCCCCC)ccc(CCCCCCN)c2CCCCCCN)C1CCCCCCN. The van der Waals surface area contributed by atoms with Gasteiger partial charge in [-0.3, -0.25) is 0 Å². The average molecular weight is 943 g/mol. The van der Waals surface area contributed by atoms with E-state index in [4.69, 9.17) is 17.2 Å². The molecule has 0 fully saturated rings. The molecule has 3 rings (SSSR count). The summed E-state index contributed by atoms with van der Waals surface area (Å²) in [4.78, 5) is 0. The van der Waals surface area contributed by atoms with E-state index in [1.54, 1.807) is 16.7 Å². The van der Waals surface area contributed by atoms with E-state index < -0.39 is 0 Å². The Kier molecular flexibility index (Phi) is 35.9. The molecule has 0 aromatic heterocycles. The molecule has 1 aromatic carbocycles. The molecule has 68 heavy (non-hydrogen) atoms. The first-order valence-electron chi connectivity index (χ1n) is 31.2. The lowest BCUT2D eigenvalue weighted by atomic mass is 9.58. The Bertz CT molecular complexity index is 1410. The van der Waals surface area contributed by atoms with Crippen LogP contribution in [0.3, 0.4) is 0 Å². The van der Waals surface area contributed by atoms with Gasteiger partial charge in [-0.15, -0.1) is 0 Å². The van der Waals surface area contributed by atoms with Gasteiger partial charge in [0, 0.05) is 0 Å². The highest BCUT2D eigenvalue weighted by Gasteiger charge is 2.42. The number of allylic oxidation sites excluding steroid dienone is 4. The van der Waals surface area contributed by atoms with Crippen molar-refractivity contribution in [2.75, 3.05) is 19.6 Å². The van der Waals surface area contributed by atoms with Gasteiger partial charge in [0.05, 0.1) is 0 Å². The fourth-order valence-electron chi connectivity index (χ4n) is 13.1. The fraction of sp³-hybridized carbons (Fsp3) is 0.846. The monoisotopic (exact) mass is 942 g/mol. The number of hydrogen-bond acceptors (Lipinski definition) is 3. The number of benzene rings is 1. The van der Waals surface area contributed by atoms with Crippen molar-refractivity contribution in [3.8, 4) is 0 Å². The van der Waals surface area contributed by atoms with Crippen LogP contribution in [0.4, 0.5) is 0 Å². The van der Waals surface area contributed by atoms with E-state index in [-0.39, 0.29) is 0 Å². The van der Waals surface area contributed by atoms with Gasteiger partial charge in [-0.05, 0) is 180 Å². The van der Waals surface area contributed by atoms with Crippen molar-refractivity contribution >= 4 is 0 Å². The Balaban J connectivity index is 2.28. The molecule has 0 aliphatic heterocycles. The number of aryl methyl sites for hydroxylation is 2. The molecule has 394 valence electrons. The fourth-order valence-corrected chi connectivity index (χ4v) is 13.1. The maximum absolute atomic E-state index is 6.10. The molecule has 0 bridgehead atoms. The lowest BCUT2D eigenvalue weighted by Gasteiger charge is -2.46. The smallest absolute Gasteiger partial charge is 0.00145 e. The average Bonchev–Trinajstić information content (AvgIpc) is 3.34. The number of nitrogens with two attached hydrogens (primary N) is 3. The van der Waals surface area contributed by atoms with Crippen LogP contribution in [0, 0.1) is 35.5 Å². The van der Waals surface area contributed by atoms with Crippen molar-refractivity contribution in [3.05, 3.63) is 57.7 Å². The molecule has 2 aliphatic rings. The van der Waals surface area contributed by atoms with E-state index in [2.05, 4.69) is 58.9 Å². The molecule has 3 heteroatoms. The first kappa shape index (κ1) is 60.9. The summed E-state index contributed by atoms with van der Waals surface area (Å²) in [5, 5.41) is 0. The van der Waals surface area contributed by atoms with Gasteiger partial charge in [0.2, 0.25) is 0 Å². The van der Waals surface area contributed by atoms with Crippen LogP contribution in [0.25, 0.3) is 0 Å². The lowest BCUT2D eigenvalue weighted by Crippen LogP contribution is -2.36. The second kappa shape index (κ2) is 40.1. The summed E-state index contributed by atoms with van der Waals surface area (Å²) in [6.07, 6.45) is 60.9. The van der Waals surface area contributed by atoms with Crippen LogP contribution in [0.5, 0.6) is 0 Å². The quantitative estimate of drug-likeness (QED) is 0.0450. The molecule has 0 heterocycles. The number of unbranched alkanes of at least 4 members (excludes halogenated alkanes) is 23. The molecule has 0 radical (unpaired) electrons. The molecule has 3 nitrogen and oxygen atoms in total. The van der Waals surface area contributed by atoms with E-state index in [1.165, 1.54) is 250 Å². The van der Waals surface area contributed by atoms with Crippen LogP contribution in [-0.2, 0) is 25.7 Å². The highest BCUT2D eigenvalue weighted by molar-refractivity contribution is 5.44. The van der Waals surface area contributed by atoms with E-state index in [9.17, 15) is 0 Å². The van der Waals surface area contributed by atoms with Crippen LogP contribution >= 0.6 is 0 Å². The molecule has 0 saturated carbocycles. The minimum atomic E-state index is 0.649. The zero-order valence-electron chi connectivity index (χ0n) is 46.6. The second-order valence-electron chi connectivity index (χ2n) is 22.8. The zero-order chi connectivity index (χ0) is 48.9. The van der Waals surface area contributed by atoms with Gasteiger partial charge >= 0.3 is 0 Å². The summed E-state index contributed by atoms with van der Waals surface area (Å²) < 4.78 is 0. The standard InChI is InChI=1S/C65H119N3/c1-6-11-16-19-32-44-62-61(43-33-22-25-36-49-68)64(53-59-50-56(39-26-14-9-4)57(51-65(59)62)40-27-15-10-5)58(41-29-18-13-8-3)52-63-55(38-28-17-12-7-2)46-45-54(37-30-20-23-34-47-66)60(63)42-31-21-24-35-48-67/h45-46,51,53,56-59,61-62H,6-44,47-50,52,66-68H2,1-5H3. The summed E-state index contributed by atoms with van der Waals surface area (Å²) >= 11 is 0. The Morgan fingerprint density at radius 3 is 1.44 bits per heavy atom. The molecule has 0 saturated heterocycles. The molecule has 0 amide bonds. The predicted molar refractivity (Wildman–Crippen MR) is 305 cm³/mol. The molecule has 0 spiro atoms. The zero-order valence-corrected chi connectivity index (χ0v) is 46.6. The highest BCUT2D eigenvalue weighted by Crippen LogP contribution is 2.53. The van der Waals surface area contributed by atoms with Crippen molar-refractivity contribution in [1.82, 2.24) is 0 Å². The van der Waals surface area contributed by atoms with Gasteiger partial charge in [-0.2, -0.15) is 0 Å². The van der Waals surface area contributed by atoms with Gasteiger partial charge < -0.3 is 17.2 Å². The third-order valence-electron chi connectivity index (χ3n) is 17.2. The third-order valence-corrected chi connectivity index (χ3v) is 17.2. The van der Waals surface area contributed by atoms with Crippen molar-refractivity contribution in [2.45, 2.75) is 298 Å². The maximum Gasteiger partial charge on any atom is -0.00145 e. The minimum absolute atomic E-state index is 0.649. The van der Waals surface area contributed by atoms with E-state index >= 15 is 0 Å². The van der Waals surface area contributed by atoms with E-state index in [1.807, 2.05) is 16.7 Å².